The number of nitrogens with one attached hydrogen (secondary N) is 2. The fourth-order valence-corrected chi connectivity index (χ4v) is 3.45. The lowest BCUT2D eigenvalue weighted by Gasteiger charge is -2.21. The van der Waals surface area contributed by atoms with Crippen molar-refractivity contribution >= 4 is 40.5 Å². The number of rotatable bonds is 7. The minimum Gasteiger partial charge on any atom is -0.465 e. The number of carboxylic acid groups (broad SMARTS) is 1. The van der Waals surface area contributed by atoms with Gasteiger partial charge in [-0.3, -0.25) is 5.32 Å². The Balaban J connectivity index is 1.68. The Kier molecular flexibility index (Phi) is 5.88. The Morgan fingerprint density at radius 2 is 1.81 bits per heavy atom. The second-order valence-electron chi connectivity index (χ2n) is 6.52. The summed E-state index contributed by atoms with van der Waals surface area (Å²) in [5.74, 6) is 0.227. The molecule has 1 aromatic heterocycles. The Labute approximate surface area is 162 Å². The van der Waals surface area contributed by atoms with Gasteiger partial charge in [0.05, 0.1) is 11.0 Å². The van der Waals surface area contributed by atoms with Crippen LogP contribution in [0, 0.1) is 0 Å². The fraction of sp³-hybridized carbons (Fsp3) is 0.263. The zero-order valence-electron chi connectivity index (χ0n) is 15.6. The van der Waals surface area contributed by atoms with E-state index in [1.54, 1.807) is 11.8 Å². The second kappa shape index (κ2) is 8.32. The van der Waals surface area contributed by atoms with Crippen molar-refractivity contribution in [1.29, 1.82) is 0 Å². The van der Waals surface area contributed by atoms with E-state index in [4.69, 9.17) is 5.11 Å². The maximum Gasteiger partial charge on any atom is 0.411 e. The third-order valence-corrected chi connectivity index (χ3v) is 5.07. The third kappa shape index (κ3) is 5.15. The molecule has 0 radical (unpaired) electrons. The minimum atomic E-state index is -1.14. The first-order valence-electron chi connectivity index (χ1n) is 8.54. The van der Waals surface area contributed by atoms with Crippen LogP contribution >= 0.6 is 11.8 Å². The molecule has 7 nitrogen and oxygen atoms in total. The van der Waals surface area contributed by atoms with Crippen LogP contribution < -0.4 is 10.2 Å². The predicted molar refractivity (Wildman–Crippen MR) is 110 cm³/mol. The molecule has 0 bridgehead atoms. The van der Waals surface area contributed by atoms with Crippen LogP contribution in [0.25, 0.3) is 11.0 Å². The van der Waals surface area contributed by atoms with Crippen molar-refractivity contribution in [2.75, 3.05) is 44.4 Å². The van der Waals surface area contributed by atoms with E-state index in [0.717, 1.165) is 33.9 Å². The van der Waals surface area contributed by atoms with Gasteiger partial charge in [0.15, 0.2) is 0 Å². The first-order valence-corrected chi connectivity index (χ1v) is 9.36. The van der Waals surface area contributed by atoms with Crippen LogP contribution in [0.1, 0.15) is 0 Å². The first-order chi connectivity index (χ1) is 12.9. The summed E-state index contributed by atoms with van der Waals surface area (Å²) in [4.78, 5) is 24.5. The van der Waals surface area contributed by atoms with Gasteiger partial charge in [0.25, 0.3) is 0 Å². The molecule has 2 aromatic carbocycles. The Hall–Kier alpha value is -2.71. The Bertz CT molecular complexity index is 923. The molecular formula is C19H23N5O2S. The average molecular weight is 385 g/mol. The number of imidazole rings is 1. The molecule has 0 fully saturated rings. The number of aromatic amines is 1. The molecule has 3 rings (SSSR count). The average Bonchev–Trinajstić information content (AvgIpc) is 3.01. The highest BCUT2D eigenvalue weighted by Gasteiger charge is 2.07. The SMILES string of the molecule is CN(C)CCN(C)c1ccc(Sc2ccc3nc(NC(=O)O)[nH]c3c2)cc1. The molecule has 0 saturated heterocycles. The number of benzene rings is 2. The van der Waals surface area contributed by atoms with Gasteiger partial charge >= 0.3 is 6.09 Å². The van der Waals surface area contributed by atoms with Crippen LogP contribution in [0.4, 0.5) is 16.4 Å². The molecule has 3 N–H and O–H groups in total. The molecule has 27 heavy (non-hydrogen) atoms. The summed E-state index contributed by atoms with van der Waals surface area (Å²) in [6, 6.07) is 14.3. The summed E-state index contributed by atoms with van der Waals surface area (Å²) in [6.45, 7) is 1.98. The highest BCUT2D eigenvalue weighted by Crippen LogP contribution is 2.31. The third-order valence-electron chi connectivity index (χ3n) is 4.07. The fourth-order valence-electron chi connectivity index (χ4n) is 2.60. The maximum absolute atomic E-state index is 10.7. The lowest BCUT2D eigenvalue weighted by atomic mass is 10.3. The van der Waals surface area contributed by atoms with E-state index in [2.05, 4.69) is 70.5 Å². The molecule has 1 amide bonds. The topological polar surface area (TPSA) is 84.5 Å². The first kappa shape index (κ1) is 19.1. The van der Waals surface area contributed by atoms with Crippen LogP contribution in [0.15, 0.2) is 52.3 Å². The molecule has 0 saturated carbocycles. The smallest absolute Gasteiger partial charge is 0.411 e. The van der Waals surface area contributed by atoms with E-state index in [0.29, 0.717) is 0 Å². The van der Waals surface area contributed by atoms with E-state index in [9.17, 15) is 4.79 Å². The van der Waals surface area contributed by atoms with Crippen molar-refractivity contribution in [2.45, 2.75) is 9.79 Å². The Morgan fingerprint density at radius 1 is 1.11 bits per heavy atom. The van der Waals surface area contributed by atoms with Crippen LogP contribution in [0.3, 0.4) is 0 Å². The van der Waals surface area contributed by atoms with Crippen LogP contribution in [0.5, 0.6) is 0 Å². The predicted octanol–water partition coefficient (Wildman–Crippen LogP) is 3.80. The van der Waals surface area contributed by atoms with E-state index >= 15 is 0 Å². The highest BCUT2D eigenvalue weighted by atomic mass is 32.2. The summed E-state index contributed by atoms with van der Waals surface area (Å²) in [5, 5.41) is 11.0. The van der Waals surface area contributed by atoms with Gasteiger partial charge in [0, 0.05) is 35.6 Å². The van der Waals surface area contributed by atoms with Gasteiger partial charge < -0.3 is 19.9 Å². The monoisotopic (exact) mass is 385 g/mol. The normalized spacial score (nSPS) is 11.1. The molecule has 0 aliphatic carbocycles. The van der Waals surface area contributed by atoms with E-state index in [1.807, 2.05) is 18.2 Å². The maximum atomic E-state index is 10.7. The number of carbonyl (C=O) groups is 1. The quantitative estimate of drug-likeness (QED) is 0.574. The van der Waals surface area contributed by atoms with Gasteiger partial charge in [0.1, 0.15) is 0 Å². The zero-order valence-corrected chi connectivity index (χ0v) is 16.4. The highest BCUT2D eigenvalue weighted by molar-refractivity contribution is 7.99. The molecule has 8 heteroatoms. The minimum absolute atomic E-state index is 0.227. The standard InChI is InChI=1S/C19H23N5O2S/c1-23(2)10-11-24(3)13-4-6-14(7-5-13)27-15-8-9-16-17(12-15)21-18(20-16)22-19(25)26/h4-9,12H,10-11H2,1-3H3,(H,25,26)(H2,20,21,22). The van der Waals surface area contributed by atoms with E-state index in [-0.39, 0.29) is 5.95 Å². The molecule has 0 aliphatic rings. The number of nitrogens with zero attached hydrogens (tertiary/aromatic N) is 3. The Morgan fingerprint density at radius 3 is 2.48 bits per heavy atom. The van der Waals surface area contributed by atoms with Gasteiger partial charge in [-0.2, -0.15) is 0 Å². The molecule has 142 valence electrons. The molecule has 0 aliphatic heterocycles. The van der Waals surface area contributed by atoms with Gasteiger partial charge in [-0.15, -0.1) is 0 Å². The number of amides is 1. The molecule has 0 spiro atoms. The van der Waals surface area contributed by atoms with Gasteiger partial charge in [-0.25, -0.2) is 9.78 Å². The molecule has 1 heterocycles. The van der Waals surface area contributed by atoms with Crippen LogP contribution in [0.2, 0.25) is 0 Å². The second-order valence-corrected chi connectivity index (χ2v) is 7.66. The zero-order chi connectivity index (χ0) is 19.4. The summed E-state index contributed by atoms with van der Waals surface area (Å²) in [7, 11) is 6.25. The lowest BCUT2D eigenvalue weighted by Crippen LogP contribution is -2.28. The summed E-state index contributed by atoms with van der Waals surface area (Å²) < 4.78 is 0. The molecule has 3 aromatic rings. The van der Waals surface area contributed by atoms with E-state index < -0.39 is 6.09 Å². The summed E-state index contributed by atoms with van der Waals surface area (Å²) >= 11 is 1.65. The van der Waals surface area contributed by atoms with Crippen molar-refractivity contribution in [3.8, 4) is 0 Å². The van der Waals surface area contributed by atoms with Crippen molar-refractivity contribution in [3.05, 3.63) is 42.5 Å². The summed E-state index contributed by atoms with van der Waals surface area (Å²) in [5.41, 5.74) is 2.71. The molecular weight excluding hydrogens is 362 g/mol. The number of hydrogen-bond donors (Lipinski definition) is 3. The van der Waals surface area contributed by atoms with Crippen molar-refractivity contribution < 1.29 is 9.90 Å². The number of H-pyrrole nitrogens is 1. The number of fused-ring (bicyclic) bond motifs is 1. The van der Waals surface area contributed by atoms with Crippen LogP contribution in [-0.2, 0) is 0 Å². The van der Waals surface area contributed by atoms with Crippen molar-refractivity contribution in [1.82, 2.24) is 14.9 Å². The molecule has 0 unspecified atom stereocenters. The van der Waals surface area contributed by atoms with Crippen molar-refractivity contribution in [2.24, 2.45) is 0 Å². The van der Waals surface area contributed by atoms with E-state index in [1.165, 1.54) is 5.69 Å². The number of anilines is 2. The summed E-state index contributed by atoms with van der Waals surface area (Å²) in [6.07, 6.45) is -1.14. The van der Waals surface area contributed by atoms with Gasteiger partial charge in [-0.1, -0.05) is 11.8 Å². The number of likely N-dealkylation sites (N-methyl/N-ethyl adjacent to an activating group) is 2. The van der Waals surface area contributed by atoms with Gasteiger partial charge in [0.2, 0.25) is 5.95 Å². The van der Waals surface area contributed by atoms with Crippen LogP contribution in [-0.4, -0.2) is 60.3 Å². The number of aromatic nitrogens is 2. The number of hydrogen-bond acceptors (Lipinski definition) is 5. The van der Waals surface area contributed by atoms with Crippen molar-refractivity contribution in [3.63, 3.8) is 0 Å². The van der Waals surface area contributed by atoms with Gasteiger partial charge in [-0.05, 0) is 56.6 Å². The lowest BCUT2D eigenvalue weighted by molar-refractivity contribution is 0.209. The largest absolute Gasteiger partial charge is 0.465 e. The molecule has 0 atom stereocenters.